The number of piperidine rings is 1. The highest BCUT2D eigenvalue weighted by Gasteiger charge is 2.26. The van der Waals surface area contributed by atoms with Crippen molar-refractivity contribution in [1.82, 2.24) is 9.97 Å². The minimum absolute atomic E-state index is 0.319. The lowest BCUT2D eigenvalue weighted by Gasteiger charge is -2.31. The number of rotatable bonds is 3. The zero-order valence-electron chi connectivity index (χ0n) is 10.6. The third kappa shape index (κ3) is 2.69. The van der Waals surface area contributed by atoms with E-state index in [4.69, 9.17) is 9.84 Å². The molecule has 1 aromatic heterocycles. The van der Waals surface area contributed by atoms with Crippen molar-refractivity contribution in [3.05, 3.63) is 11.9 Å². The maximum absolute atomic E-state index is 11.0. The Labute approximate surface area is 106 Å². The van der Waals surface area contributed by atoms with E-state index in [1.54, 1.807) is 20.1 Å². The first-order chi connectivity index (χ1) is 8.60. The molecule has 1 aliphatic rings. The summed E-state index contributed by atoms with van der Waals surface area (Å²) in [5.41, 5.74) is 0. The highest BCUT2D eigenvalue weighted by Crippen LogP contribution is 2.24. The first-order valence-corrected chi connectivity index (χ1v) is 5.97. The topological polar surface area (TPSA) is 75.5 Å². The van der Waals surface area contributed by atoms with Crippen molar-refractivity contribution in [3.63, 3.8) is 0 Å². The van der Waals surface area contributed by atoms with Gasteiger partial charge in [0.05, 0.1) is 13.0 Å². The van der Waals surface area contributed by atoms with Gasteiger partial charge in [0.15, 0.2) is 0 Å². The zero-order chi connectivity index (χ0) is 13.1. The van der Waals surface area contributed by atoms with Gasteiger partial charge in [0.25, 0.3) is 0 Å². The van der Waals surface area contributed by atoms with Crippen molar-refractivity contribution in [2.24, 2.45) is 5.92 Å². The van der Waals surface area contributed by atoms with Crippen LogP contribution < -0.4 is 9.64 Å². The molecule has 98 valence electrons. The first-order valence-electron chi connectivity index (χ1n) is 5.97. The number of anilines is 1. The van der Waals surface area contributed by atoms with Gasteiger partial charge in [-0.25, -0.2) is 4.98 Å². The van der Waals surface area contributed by atoms with Gasteiger partial charge in [-0.05, 0) is 19.8 Å². The summed E-state index contributed by atoms with van der Waals surface area (Å²) in [6, 6.07) is 1.75. The van der Waals surface area contributed by atoms with Crippen molar-refractivity contribution in [2.45, 2.75) is 19.8 Å². The summed E-state index contributed by atoms with van der Waals surface area (Å²) in [6.45, 7) is 3.11. The van der Waals surface area contributed by atoms with Gasteiger partial charge in [-0.2, -0.15) is 4.98 Å². The van der Waals surface area contributed by atoms with Crippen LogP contribution in [0.15, 0.2) is 6.07 Å². The molecule has 0 aromatic carbocycles. The number of carboxylic acid groups (broad SMARTS) is 1. The zero-order valence-corrected chi connectivity index (χ0v) is 10.6. The van der Waals surface area contributed by atoms with Crippen LogP contribution in [0.3, 0.4) is 0 Å². The maximum atomic E-state index is 11.0. The summed E-state index contributed by atoms with van der Waals surface area (Å²) in [6.07, 6.45) is 1.59. The molecule has 0 radical (unpaired) electrons. The van der Waals surface area contributed by atoms with E-state index < -0.39 is 5.97 Å². The number of hydrogen-bond acceptors (Lipinski definition) is 5. The van der Waals surface area contributed by atoms with Gasteiger partial charge in [0.1, 0.15) is 11.6 Å². The molecule has 0 amide bonds. The van der Waals surface area contributed by atoms with Crippen LogP contribution >= 0.6 is 0 Å². The Bertz CT molecular complexity index is 450. The van der Waals surface area contributed by atoms with E-state index in [1.165, 1.54) is 0 Å². The van der Waals surface area contributed by atoms with E-state index in [2.05, 4.69) is 9.97 Å². The molecule has 1 atom stereocenters. The fraction of sp³-hybridized carbons (Fsp3) is 0.583. The van der Waals surface area contributed by atoms with Gasteiger partial charge < -0.3 is 14.7 Å². The number of aromatic nitrogens is 2. The van der Waals surface area contributed by atoms with Crippen molar-refractivity contribution < 1.29 is 14.6 Å². The van der Waals surface area contributed by atoms with Crippen LogP contribution in [0.1, 0.15) is 18.7 Å². The van der Waals surface area contributed by atoms with E-state index in [0.717, 1.165) is 25.2 Å². The number of carboxylic acids is 1. The quantitative estimate of drug-likeness (QED) is 0.866. The van der Waals surface area contributed by atoms with Gasteiger partial charge in [0, 0.05) is 19.2 Å². The average Bonchev–Trinajstić information content (AvgIpc) is 2.38. The number of aliphatic carboxylic acids is 1. The van der Waals surface area contributed by atoms with Crippen molar-refractivity contribution in [3.8, 4) is 5.88 Å². The molecule has 1 unspecified atom stereocenters. The van der Waals surface area contributed by atoms with Crippen LogP contribution in [-0.4, -0.2) is 41.2 Å². The smallest absolute Gasteiger partial charge is 0.308 e. The largest absolute Gasteiger partial charge is 0.481 e. The first kappa shape index (κ1) is 12.6. The molecule has 1 fully saturated rings. The third-order valence-corrected chi connectivity index (χ3v) is 3.10. The standard InChI is InChI=1S/C12H17N3O3/c1-8-13-10(6-11(14-8)18-2)15-5-3-4-9(7-15)12(16)17/h6,9H,3-5,7H2,1-2H3,(H,16,17). The minimum atomic E-state index is -0.738. The molecule has 1 saturated heterocycles. The fourth-order valence-electron chi connectivity index (χ4n) is 2.18. The number of ether oxygens (including phenoxy) is 1. The van der Waals surface area contributed by atoms with Crippen molar-refractivity contribution >= 4 is 11.8 Å². The Morgan fingerprint density at radius 1 is 1.56 bits per heavy atom. The molecule has 1 aromatic rings. The molecule has 6 heteroatoms. The molecule has 2 heterocycles. The van der Waals surface area contributed by atoms with Crippen molar-refractivity contribution in [2.75, 3.05) is 25.1 Å². The molecule has 18 heavy (non-hydrogen) atoms. The number of aryl methyl sites for hydroxylation is 1. The molecule has 0 bridgehead atoms. The van der Waals surface area contributed by atoms with Crippen molar-refractivity contribution in [1.29, 1.82) is 0 Å². The summed E-state index contributed by atoms with van der Waals surface area (Å²) in [5, 5.41) is 9.07. The molecule has 1 aliphatic heterocycles. The lowest BCUT2D eigenvalue weighted by molar-refractivity contribution is -0.141. The number of hydrogen-bond donors (Lipinski definition) is 1. The fourth-order valence-corrected chi connectivity index (χ4v) is 2.18. The van der Waals surface area contributed by atoms with E-state index in [1.807, 2.05) is 4.90 Å². The van der Waals surface area contributed by atoms with Gasteiger partial charge >= 0.3 is 5.97 Å². The maximum Gasteiger partial charge on any atom is 0.308 e. The summed E-state index contributed by atoms with van der Waals surface area (Å²) in [7, 11) is 1.56. The van der Waals surface area contributed by atoms with Gasteiger partial charge in [-0.15, -0.1) is 0 Å². The molecule has 2 rings (SSSR count). The van der Waals surface area contributed by atoms with Gasteiger partial charge in [-0.3, -0.25) is 4.79 Å². The van der Waals surface area contributed by atoms with Crippen LogP contribution in [0, 0.1) is 12.8 Å². The van der Waals surface area contributed by atoms with Crippen LogP contribution in [0.4, 0.5) is 5.82 Å². The van der Waals surface area contributed by atoms with Gasteiger partial charge in [0.2, 0.25) is 5.88 Å². The molecule has 1 N–H and O–H groups in total. The number of carbonyl (C=O) groups is 1. The monoisotopic (exact) mass is 251 g/mol. The Morgan fingerprint density at radius 2 is 2.33 bits per heavy atom. The second kappa shape index (κ2) is 5.20. The molecular formula is C12H17N3O3. The average molecular weight is 251 g/mol. The van der Waals surface area contributed by atoms with E-state index >= 15 is 0 Å². The highest BCUT2D eigenvalue weighted by atomic mass is 16.5. The van der Waals surface area contributed by atoms with E-state index in [0.29, 0.717) is 18.2 Å². The van der Waals surface area contributed by atoms with Crippen LogP contribution in [-0.2, 0) is 4.79 Å². The Balaban J connectivity index is 2.20. The van der Waals surface area contributed by atoms with E-state index in [-0.39, 0.29) is 5.92 Å². The number of nitrogens with zero attached hydrogens (tertiary/aromatic N) is 3. The lowest BCUT2D eigenvalue weighted by atomic mass is 9.98. The second-order valence-electron chi connectivity index (χ2n) is 4.44. The predicted molar refractivity (Wildman–Crippen MR) is 65.9 cm³/mol. The molecule has 6 nitrogen and oxygen atoms in total. The predicted octanol–water partition coefficient (Wildman–Crippen LogP) is 1.09. The summed E-state index contributed by atoms with van der Waals surface area (Å²) in [4.78, 5) is 21.5. The second-order valence-corrected chi connectivity index (χ2v) is 4.44. The summed E-state index contributed by atoms with van der Waals surface area (Å²) < 4.78 is 5.11. The Kier molecular flexibility index (Phi) is 3.64. The highest BCUT2D eigenvalue weighted by molar-refractivity contribution is 5.71. The van der Waals surface area contributed by atoms with Crippen LogP contribution in [0.5, 0.6) is 5.88 Å². The Morgan fingerprint density at radius 3 is 3.00 bits per heavy atom. The Hall–Kier alpha value is -1.85. The molecule has 0 saturated carbocycles. The van der Waals surface area contributed by atoms with E-state index in [9.17, 15) is 4.79 Å². The van der Waals surface area contributed by atoms with Crippen LogP contribution in [0.2, 0.25) is 0 Å². The molecule has 0 spiro atoms. The molecular weight excluding hydrogens is 234 g/mol. The minimum Gasteiger partial charge on any atom is -0.481 e. The molecule has 0 aliphatic carbocycles. The normalized spacial score (nSPS) is 19.7. The number of methoxy groups -OCH3 is 1. The SMILES string of the molecule is COc1cc(N2CCCC(C(=O)O)C2)nc(C)n1. The van der Waals surface area contributed by atoms with Crippen LogP contribution in [0.25, 0.3) is 0 Å². The lowest BCUT2D eigenvalue weighted by Crippen LogP contribution is -2.39. The summed E-state index contributed by atoms with van der Waals surface area (Å²) in [5.74, 6) is 0.819. The van der Waals surface area contributed by atoms with Gasteiger partial charge in [-0.1, -0.05) is 0 Å². The third-order valence-electron chi connectivity index (χ3n) is 3.10. The summed E-state index contributed by atoms with van der Waals surface area (Å²) >= 11 is 0.